The molecule has 0 aliphatic rings. The third kappa shape index (κ3) is 36.7. The summed E-state index contributed by atoms with van der Waals surface area (Å²) in [5, 5.41) is 76.5. The number of phenols is 4. The Morgan fingerprint density at radius 2 is 0.614 bits per heavy atom. The minimum Gasteiger partial charge on any atom is -0.506 e. The van der Waals surface area contributed by atoms with Crippen molar-refractivity contribution >= 4 is 44.3 Å². The van der Waals surface area contributed by atoms with Gasteiger partial charge >= 0.3 is 0 Å². The van der Waals surface area contributed by atoms with E-state index in [0.29, 0.717) is 22.7 Å². The second-order valence-corrected chi connectivity index (χ2v) is 21.2. The monoisotopic (exact) mass is 1180 g/mol. The van der Waals surface area contributed by atoms with Crippen LogP contribution >= 0.6 is 0 Å². The Bertz CT molecular complexity index is 2500. The van der Waals surface area contributed by atoms with Gasteiger partial charge in [-0.05, 0) is 72.9 Å². The number of hydrogen-bond donors (Lipinski definition) is 5. The number of rotatable bonds is 34. The molecule has 6 aromatic carbocycles. The first-order valence-electron chi connectivity index (χ1n) is 30.6. The maximum atomic E-state index is 9.94. The molecule has 0 bridgehead atoms. The van der Waals surface area contributed by atoms with Crippen LogP contribution in [0.1, 0.15) is 194 Å². The zero-order chi connectivity index (χ0) is 59.8. The fourth-order valence-electron chi connectivity index (χ4n) is 9.37. The van der Waals surface area contributed by atoms with E-state index in [4.69, 9.17) is 20.2 Å². The number of nitrogens with zero attached hydrogens (tertiary/aromatic N) is 6. The minimum absolute atomic E-state index is 0. The Labute approximate surface area is 507 Å². The molecule has 6 aromatic rings. The standard InChI is InChI=1S/C33H69N.2C16H12N2O2.2CH3NO2.Cr/c1-4-6-8-10-12-14-16-18-20-22-24-26-28-30-32-34(3)33-31-29-27-25-23-21-19-17-15-13-11-9-7-5-2;2*19-14-8-4-3-7-13(14)17-18-16-12-6-2-1-5-11(12)9-10-15(16)20;2*1-2(3)4;/h4-33H2,1-3H3;2*1-10,19-20H;2*1H3;/p+1. The van der Waals surface area contributed by atoms with Crippen LogP contribution in [0.5, 0.6) is 23.0 Å². The molecule has 15 nitrogen and oxygen atoms in total. The van der Waals surface area contributed by atoms with Gasteiger partial charge in [0.2, 0.25) is 0 Å². The number of nitro groups is 2. The van der Waals surface area contributed by atoms with Gasteiger partial charge in [0.1, 0.15) is 45.7 Å². The minimum atomic E-state index is -0.500. The van der Waals surface area contributed by atoms with E-state index in [2.05, 4.69) is 41.4 Å². The SMILES string of the molecule is CCCCCCCCCCCCCCCC[NH+](C)CCCCCCCCCCCCCCCC.C[N+](=O)[O-].C[N+](=O)[O-].Oc1ccccc1N=Nc1c(O)ccc2ccccc12.Oc1ccccc1N=Nc1c(O)ccc2ccccc12.[Cr]. The molecule has 6 rings (SSSR count). The van der Waals surface area contributed by atoms with Gasteiger partial charge < -0.3 is 25.3 Å². The first-order valence-corrected chi connectivity index (χ1v) is 30.6. The molecule has 0 amide bonds. The van der Waals surface area contributed by atoms with Crippen LogP contribution in [0.15, 0.2) is 142 Å². The van der Waals surface area contributed by atoms with Gasteiger partial charge in [-0.1, -0.05) is 253 Å². The molecule has 456 valence electrons. The molecule has 0 fully saturated rings. The van der Waals surface area contributed by atoms with Crippen molar-refractivity contribution in [3.8, 4) is 23.0 Å². The normalized spacial score (nSPS) is 10.8. The molecule has 0 aliphatic heterocycles. The summed E-state index contributed by atoms with van der Waals surface area (Å²) in [6.45, 7) is 7.41. The number of unbranched alkanes of at least 4 members (excludes halogenated alkanes) is 26. The summed E-state index contributed by atoms with van der Waals surface area (Å²) in [5.74, 6) is 0.220. The maximum absolute atomic E-state index is 9.94. The Kier molecular flexibility index (Phi) is 44.0. The number of aromatic hydroxyl groups is 4. The van der Waals surface area contributed by atoms with Crippen molar-refractivity contribution in [1.82, 2.24) is 0 Å². The fourth-order valence-corrected chi connectivity index (χ4v) is 9.37. The van der Waals surface area contributed by atoms with Crippen LogP contribution in [0.2, 0.25) is 0 Å². The number of phenolic OH excluding ortho intramolecular Hbond substituents is 4. The van der Waals surface area contributed by atoms with Crippen LogP contribution in [-0.2, 0) is 17.4 Å². The van der Waals surface area contributed by atoms with Crippen molar-refractivity contribution in [3.63, 3.8) is 0 Å². The Hall–Kier alpha value is -6.47. The van der Waals surface area contributed by atoms with Gasteiger partial charge in [-0.2, -0.15) is 0 Å². The third-order valence-corrected chi connectivity index (χ3v) is 14.0. The van der Waals surface area contributed by atoms with E-state index in [9.17, 15) is 20.4 Å². The molecule has 0 heterocycles. The summed E-state index contributed by atoms with van der Waals surface area (Å²) < 4.78 is 0. The van der Waals surface area contributed by atoms with Gasteiger partial charge in [-0.3, -0.25) is 20.2 Å². The van der Waals surface area contributed by atoms with Gasteiger partial charge in [-0.25, -0.2) is 0 Å². The molecule has 5 N–H and O–H groups in total. The molecular formula is C67H100CrN7O8+. The Morgan fingerprint density at radius 1 is 0.361 bits per heavy atom. The molecule has 0 unspecified atom stereocenters. The fraction of sp³-hybridized carbons (Fsp3) is 0.522. The van der Waals surface area contributed by atoms with Crippen molar-refractivity contribution < 1.29 is 52.5 Å². The Balaban J connectivity index is 0.000000601. The quantitative estimate of drug-likeness (QED) is 0.0113. The predicted molar refractivity (Wildman–Crippen MR) is 339 cm³/mol. The average Bonchev–Trinajstić information content (AvgIpc) is 3.58. The average molecular weight is 1180 g/mol. The van der Waals surface area contributed by atoms with Crippen LogP contribution < -0.4 is 4.90 Å². The molecule has 0 spiro atoms. The second kappa shape index (κ2) is 49.0. The number of para-hydroxylation sites is 2. The molecule has 0 saturated carbocycles. The molecule has 16 heteroatoms. The summed E-state index contributed by atoms with van der Waals surface area (Å²) in [5.41, 5.74) is 1.51. The van der Waals surface area contributed by atoms with Crippen molar-refractivity contribution in [2.24, 2.45) is 20.5 Å². The number of benzene rings is 6. The number of fused-ring (bicyclic) bond motifs is 2. The third-order valence-electron chi connectivity index (χ3n) is 14.0. The van der Waals surface area contributed by atoms with Gasteiger partial charge in [0, 0.05) is 38.0 Å². The maximum Gasteiger partial charge on any atom is 0.194 e. The molecule has 83 heavy (non-hydrogen) atoms. The summed E-state index contributed by atoms with van der Waals surface area (Å²) >= 11 is 0. The van der Waals surface area contributed by atoms with Crippen LogP contribution in [0, 0.1) is 20.2 Å². The summed E-state index contributed by atoms with van der Waals surface area (Å²) in [4.78, 5) is 18.4. The van der Waals surface area contributed by atoms with Gasteiger partial charge in [0.25, 0.3) is 0 Å². The summed E-state index contributed by atoms with van der Waals surface area (Å²) in [7, 11) is 4.20. The van der Waals surface area contributed by atoms with E-state index in [1.807, 2.05) is 60.7 Å². The topological polar surface area (TPSA) is 221 Å². The van der Waals surface area contributed by atoms with Gasteiger partial charge in [0.15, 0.2) is 14.1 Å². The largest absolute Gasteiger partial charge is 0.506 e. The second-order valence-electron chi connectivity index (χ2n) is 21.2. The molecule has 0 atom stereocenters. The molecular weight excluding hydrogens is 1080 g/mol. The number of quaternary nitrogens is 1. The van der Waals surface area contributed by atoms with E-state index in [0.717, 1.165) is 35.6 Å². The molecule has 0 saturated heterocycles. The van der Waals surface area contributed by atoms with Gasteiger partial charge in [0.05, 0.1) is 20.1 Å². The zero-order valence-corrected chi connectivity index (χ0v) is 52.0. The van der Waals surface area contributed by atoms with Gasteiger partial charge in [-0.15, -0.1) is 20.5 Å². The van der Waals surface area contributed by atoms with Crippen LogP contribution in [0.25, 0.3) is 21.5 Å². The van der Waals surface area contributed by atoms with E-state index in [-0.39, 0.29) is 40.4 Å². The predicted octanol–water partition coefficient (Wildman–Crippen LogP) is 19.6. The first kappa shape index (κ1) is 74.5. The van der Waals surface area contributed by atoms with E-state index in [1.54, 1.807) is 53.4 Å². The Morgan fingerprint density at radius 3 is 0.904 bits per heavy atom. The summed E-state index contributed by atoms with van der Waals surface area (Å²) in [6.07, 6.45) is 41.1. The summed E-state index contributed by atoms with van der Waals surface area (Å²) in [6, 6.07) is 35.4. The van der Waals surface area contributed by atoms with Crippen molar-refractivity contribution in [3.05, 3.63) is 142 Å². The van der Waals surface area contributed by atoms with Crippen LogP contribution in [0.3, 0.4) is 0 Å². The molecule has 0 aromatic heterocycles. The number of hydrogen-bond acceptors (Lipinski definition) is 12. The molecule has 0 radical (unpaired) electrons. The van der Waals surface area contributed by atoms with E-state index >= 15 is 0 Å². The van der Waals surface area contributed by atoms with Crippen LogP contribution in [-0.4, -0.2) is 64.5 Å². The van der Waals surface area contributed by atoms with Crippen molar-refractivity contribution in [1.29, 1.82) is 0 Å². The number of azo groups is 2. The first-order chi connectivity index (χ1) is 39.8. The smallest absolute Gasteiger partial charge is 0.194 e. The van der Waals surface area contributed by atoms with E-state index in [1.165, 1.54) is 205 Å². The van der Waals surface area contributed by atoms with Crippen molar-refractivity contribution in [2.75, 3.05) is 34.2 Å². The molecule has 0 aliphatic carbocycles. The van der Waals surface area contributed by atoms with E-state index < -0.39 is 9.85 Å². The zero-order valence-electron chi connectivity index (χ0n) is 50.8. The van der Waals surface area contributed by atoms with Crippen molar-refractivity contribution in [2.45, 2.75) is 194 Å². The number of nitrogens with one attached hydrogen (secondary N) is 1. The van der Waals surface area contributed by atoms with Crippen LogP contribution in [0.4, 0.5) is 22.7 Å².